The minimum absolute atomic E-state index is 0.158. The highest BCUT2D eigenvalue weighted by atomic mass is 32.2. The van der Waals surface area contributed by atoms with Crippen LogP contribution in [0, 0.1) is 18.3 Å². The summed E-state index contributed by atoms with van der Waals surface area (Å²) in [5, 5.41) is 17.5. The van der Waals surface area contributed by atoms with Crippen LogP contribution in [-0.2, 0) is 0 Å². The largest absolute Gasteiger partial charge is 0.573 e. The Hall–Kier alpha value is -5.09. The molecule has 0 bridgehead atoms. The fourth-order valence-corrected chi connectivity index (χ4v) is 6.24. The second kappa shape index (κ2) is 14.1. The predicted molar refractivity (Wildman–Crippen MR) is 177 cm³/mol. The number of halogens is 3. The van der Waals surface area contributed by atoms with Gasteiger partial charge in [-0.2, -0.15) is 10.3 Å². The summed E-state index contributed by atoms with van der Waals surface area (Å²) in [4.78, 5) is 23.8. The SMILES string of the molecule is Cc1ccc(C(C)C)c(N2C(=NC(=O)N/C=C(\C#N)c3ccc(-c4ncn(-c5ccc(OC(F)(F)F)cc5)n4)cc3)SCCC2C)c1. The van der Waals surface area contributed by atoms with Crippen LogP contribution in [0.1, 0.15) is 49.8 Å². The number of aryl methyl sites for hydroxylation is 1. The summed E-state index contributed by atoms with van der Waals surface area (Å²) in [6, 6.07) is 20.2. The Balaban J connectivity index is 1.29. The first kappa shape index (κ1) is 33.3. The zero-order chi connectivity index (χ0) is 33.7. The van der Waals surface area contributed by atoms with Gasteiger partial charge >= 0.3 is 12.4 Å². The number of hydrogen-bond donors (Lipinski definition) is 1. The Labute approximate surface area is 274 Å². The van der Waals surface area contributed by atoms with E-state index in [1.54, 1.807) is 24.3 Å². The molecule has 2 amide bonds. The second-order valence-electron chi connectivity index (χ2n) is 11.2. The molecule has 1 atom stereocenters. The maximum Gasteiger partial charge on any atom is 0.573 e. The fourth-order valence-electron chi connectivity index (χ4n) is 5.04. The minimum atomic E-state index is -4.77. The van der Waals surface area contributed by atoms with Gasteiger partial charge in [0.2, 0.25) is 0 Å². The Kier molecular flexibility index (Phi) is 10.0. The number of allylic oxidation sites excluding steroid dienone is 1. The van der Waals surface area contributed by atoms with Crippen molar-refractivity contribution < 1.29 is 22.7 Å². The molecule has 0 radical (unpaired) electrons. The van der Waals surface area contributed by atoms with Crippen LogP contribution in [-0.4, -0.2) is 44.1 Å². The number of benzene rings is 3. The summed E-state index contributed by atoms with van der Waals surface area (Å²) in [6.45, 7) is 8.47. The lowest BCUT2D eigenvalue weighted by Crippen LogP contribution is -2.42. The number of carbonyl (C=O) groups is 1. The zero-order valence-electron chi connectivity index (χ0n) is 26.1. The number of carbonyl (C=O) groups excluding carboxylic acids is 1. The average molecular weight is 660 g/mol. The van der Waals surface area contributed by atoms with Crippen LogP contribution in [0.4, 0.5) is 23.7 Å². The van der Waals surface area contributed by atoms with Crippen molar-refractivity contribution in [3.05, 3.63) is 95.9 Å². The molecule has 2 heterocycles. The van der Waals surface area contributed by atoms with Crippen molar-refractivity contribution in [1.29, 1.82) is 5.26 Å². The number of aromatic nitrogens is 3. The van der Waals surface area contributed by atoms with Gasteiger partial charge in [-0.3, -0.25) is 0 Å². The monoisotopic (exact) mass is 659 g/mol. The van der Waals surface area contributed by atoms with Crippen LogP contribution in [0.25, 0.3) is 22.6 Å². The highest BCUT2D eigenvalue weighted by Crippen LogP contribution is 2.35. The molecule has 1 aliphatic heterocycles. The van der Waals surface area contributed by atoms with Crippen molar-refractivity contribution in [2.45, 2.75) is 52.4 Å². The van der Waals surface area contributed by atoms with Crippen molar-refractivity contribution in [3.63, 3.8) is 0 Å². The van der Waals surface area contributed by atoms with Crippen molar-refractivity contribution in [2.75, 3.05) is 10.7 Å². The van der Waals surface area contributed by atoms with Gasteiger partial charge in [-0.1, -0.05) is 62.0 Å². The Bertz CT molecular complexity index is 1840. The Morgan fingerprint density at radius 1 is 1.15 bits per heavy atom. The predicted octanol–water partition coefficient (Wildman–Crippen LogP) is 8.23. The van der Waals surface area contributed by atoms with Gasteiger partial charge in [-0.25, -0.2) is 14.5 Å². The molecule has 242 valence electrons. The highest BCUT2D eigenvalue weighted by Gasteiger charge is 2.31. The third kappa shape index (κ3) is 8.20. The van der Waals surface area contributed by atoms with Gasteiger partial charge in [0, 0.05) is 29.2 Å². The molecule has 3 aromatic carbocycles. The number of amidine groups is 1. The van der Waals surface area contributed by atoms with Gasteiger partial charge in [0.05, 0.1) is 11.3 Å². The number of aliphatic imine (C=N–C) groups is 1. The van der Waals surface area contributed by atoms with Crippen molar-refractivity contribution >= 4 is 34.2 Å². The van der Waals surface area contributed by atoms with E-state index in [0.717, 1.165) is 23.4 Å². The van der Waals surface area contributed by atoms with Crippen LogP contribution >= 0.6 is 11.8 Å². The van der Waals surface area contributed by atoms with Gasteiger partial charge in [-0.15, -0.1) is 18.3 Å². The second-order valence-corrected chi connectivity index (χ2v) is 12.3. The number of ether oxygens (including phenoxy) is 1. The fraction of sp³-hybridized carbons (Fsp3) is 0.265. The molecule has 1 unspecified atom stereocenters. The molecule has 4 aromatic rings. The molecular formula is C34H32F3N7O2S. The van der Waals surface area contributed by atoms with E-state index in [9.17, 15) is 23.2 Å². The summed E-state index contributed by atoms with van der Waals surface area (Å²) in [6.07, 6.45) is -1.04. The number of anilines is 1. The summed E-state index contributed by atoms with van der Waals surface area (Å²) in [7, 11) is 0. The molecule has 1 fully saturated rings. The van der Waals surface area contributed by atoms with E-state index in [2.05, 4.69) is 75.1 Å². The Morgan fingerprint density at radius 3 is 2.53 bits per heavy atom. The smallest absolute Gasteiger partial charge is 0.406 e. The van der Waals surface area contributed by atoms with Crippen LogP contribution < -0.4 is 15.0 Å². The summed E-state index contributed by atoms with van der Waals surface area (Å²) >= 11 is 1.53. The van der Waals surface area contributed by atoms with E-state index in [4.69, 9.17) is 0 Å². The van der Waals surface area contributed by atoms with Gasteiger partial charge in [-0.05, 0) is 73.2 Å². The molecule has 0 aliphatic carbocycles. The number of urea groups is 1. The number of alkyl halides is 3. The molecule has 1 N–H and O–H groups in total. The van der Waals surface area contributed by atoms with Crippen LogP contribution in [0.5, 0.6) is 5.75 Å². The minimum Gasteiger partial charge on any atom is -0.406 e. The third-order valence-corrected chi connectivity index (χ3v) is 8.41. The number of amides is 2. The van der Waals surface area contributed by atoms with E-state index in [0.29, 0.717) is 33.7 Å². The average Bonchev–Trinajstić information content (AvgIpc) is 3.52. The topological polar surface area (TPSA) is 108 Å². The Morgan fingerprint density at radius 2 is 1.87 bits per heavy atom. The molecule has 0 saturated carbocycles. The van der Waals surface area contributed by atoms with Gasteiger partial charge in [0.15, 0.2) is 11.0 Å². The number of nitrogens with zero attached hydrogens (tertiary/aromatic N) is 6. The van der Waals surface area contributed by atoms with Gasteiger partial charge in [0.25, 0.3) is 0 Å². The number of hydrogen-bond acceptors (Lipinski definition) is 6. The first-order valence-electron chi connectivity index (χ1n) is 14.8. The molecule has 0 spiro atoms. The van der Waals surface area contributed by atoms with Crippen molar-refractivity contribution in [3.8, 4) is 28.9 Å². The van der Waals surface area contributed by atoms with Gasteiger partial charge in [0.1, 0.15) is 18.1 Å². The molecular weight excluding hydrogens is 627 g/mol. The molecule has 5 rings (SSSR count). The van der Waals surface area contributed by atoms with E-state index in [-0.39, 0.29) is 17.4 Å². The maximum atomic E-state index is 13.0. The molecule has 9 nitrogen and oxygen atoms in total. The molecule has 1 aliphatic rings. The summed E-state index contributed by atoms with van der Waals surface area (Å²) in [5.74, 6) is 1.17. The lowest BCUT2D eigenvalue weighted by Gasteiger charge is -2.37. The van der Waals surface area contributed by atoms with Crippen LogP contribution in [0.3, 0.4) is 0 Å². The maximum absolute atomic E-state index is 13.0. The highest BCUT2D eigenvalue weighted by molar-refractivity contribution is 8.14. The lowest BCUT2D eigenvalue weighted by atomic mass is 9.98. The van der Waals surface area contributed by atoms with Crippen molar-refractivity contribution in [1.82, 2.24) is 20.1 Å². The van der Waals surface area contributed by atoms with E-state index < -0.39 is 12.4 Å². The third-order valence-electron chi connectivity index (χ3n) is 7.42. The number of thioether (sulfide) groups is 1. The van der Waals surface area contributed by atoms with E-state index in [1.165, 1.54) is 58.8 Å². The molecule has 13 heteroatoms. The zero-order valence-corrected chi connectivity index (χ0v) is 26.9. The number of nitrogens with one attached hydrogen (secondary N) is 1. The van der Waals surface area contributed by atoms with Gasteiger partial charge < -0.3 is 15.0 Å². The normalized spacial score (nSPS) is 16.3. The molecule has 47 heavy (non-hydrogen) atoms. The quantitative estimate of drug-likeness (QED) is 0.199. The van der Waals surface area contributed by atoms with Crippen LogP contribution in [0.2, 0.25) is 0 Å². The first-order valence-corrected chi connectivity index (χ1v) is 15.8. The molecule has 1 saturated heterocycles. The number of rotatable bonds is 7. The standard InChI is InChI=1S/C34H32F3N7O2S/c1-21(2)29-14-5-22(3)17-30(29)44-23(4)15-16-47-33(44)41-32(45)39-19-26(18-38)24-6-8-25(9-7-24)31-40-20-43(42-31)27-10-12-28(13-11-27)46-34(35,36)37/h5-14,17,19-21,23H,15-16H2,1-4H3,(H,39,45)/b26-19+,41-33?. The first-order chi connectivity index (χ1) is 22.4. The summed E-state index contributed by atoms with van der Waals surface area (Å²) in [5.41, 5.74) is 5.29. The van der Waals surface area contributed by atoms with E-state index >= 15 is 0 Å². The molecule has 1 aromatic heterocycles. The summed E-state index contributed by atoms with van der Waals surface area (Å²) < 4.78 is 42.7. The van der Waals surface area contributed by atoms with E-state index in [1.807, 2.05) is 6.92 Å². The number of nitriles is 1. The van der Waals surface area contributed by atoms with Crippen LogP contribution in [0.15, 0.2) is 84.2 Å². The van der Waals surface area contributed by atoms with Crippen molar-refractivity contribution in [2.24, 2.45) is 4.99 Å². The lowest BCUT2D eigenvalue weighted by molar-refractivity contribution is -0.274.